The summed E-state index contributed by atoms with van der Waals surface area (Å²) >= 11 is 0. The quantitative estimate of drug-likeness (QED) is 0.155. The second-order valence-corrected chi connectivity index (χ2v) is 17.7. The summed E-state index contributed by atoms with van der Waals surface area (Å²) in [5.41, 5.74) is 2.52. The van der Waals surface area contributed by atoms with Gasteiger partial charge in [-0.3, -0.25) is 33.5 Å². The Morgan fingerprint density at radius 1 is 1.02 bits per heavy atom. The van der Waals surface area contributed by atoms with Crippen LogP contribution in [0.4, 0.5) is 20.3 Å². The molecule has 9 rings (SSSR count). The third-order valence-corrected chi connectivity index (χ3v) is 13.6. The number of alkyl halides is 2. The summed E-state index contributed by atoms with van der Waals surface area (Å²) in [7, 11) is 1.75. The molecule has 2 N–H and O–H groups in total. The Bertz CT molecular complexity index is 2510. The standard InChI is InChI=1S/C44H55F2N11O5/c1-27-24-54(21-22-62-27)36-17-20-55-41(49-36)32(23-47-55)42(59)48-33-26-56(51-38(33)40(45)46)31-11-9-29(10-12-31)25-53-18-15-28(16-19-53)5-3-6-30-7-4-8-34-39(30)52(2)44(61)57(34)35-13-14-37(58)50-43(35)60/h4,7-8,17,20,23,26-29,31,35,40H,3,5-6,9-16,18-19,21-22,24-25H2,1-2H3,(H,48,59)(H,50,58,60)/t27-,29?,31?,35?/m1/s1. The van der Waals surface area contributed by atoms with Gasteiger partial charge in [-0.05, 0) is 107 Å². The number of carbonyl (C=O) groups is 3. The fourth-order valence-corrected chi connectivity index (χ4v) is 10.2. The molecule has 3 saturated heterocycles. The molecule has 0 radical (unpaired) electrons. The molecule has 4 aliphatic rings. The lowest BCUT2D eigenvalue weighted by Crippen LogP contribution is -2.44. The molecule has 4 fully saturated rings. The summed E-state index contributed by atoms with van der Waals surface area (Å²) in [5.74, 6) is 0.560. The average molecular weight is 856 g/mol. The lowest BCUT2D eigenvalue weighted by molar-refractivity contribution is -0.135. The predicted octanol–water partition coefficient (Wildman–Crippen LogP) is 5.44. The topological polar surface area (TPSA) is 166 Å². The summed E-state index contributed by atoms with van der Waals surface area (Å²) < 4.78 is 40.6. The maximum absolute atomic E-state index is 14.3. The van der Waals surface area contributed by atoms with Crippen LogP contribution in [0.15, 0.2) is 47.7 Å². The van der Waals surface area contributed by atoms with Crippen LogP contribution in [0, 0.1) is 11.8 Å². The first-order valence-electron chi connectivity index (χ1n) is 22.1. The second kappa shape index (κ2) is 17.7. The van der Waals surface area contributed by atoms with Crippen LogP contribution in [0.5, 0.6) is 0 Å². The molecular weight excluding hydrogens is 801 g/mol. The van der Waals surface area contributed by atoms with Gasteiger partial charge in [0.05, 0.1) is 41.7 Å². The van der Waals surface area contributed by atoms with Crippen LogP contribution in [0.1, 0.15) is 111 Å². The molecule has 16 nitrogen and oxygen atoms in total. The van der Waals surface area contributed by atoms with E-state index >= 15 is 0 Å². The molecule has 18 heteroatoms. The smallest absolute Gasteiger partial charge is 0.329 e. The molecule has 1 unspecified atom stereocenters. The van der Waals surface area contributed by atoms with Crippen molar-refractivity contribution in [1.82, 2.24) is 43.7 Å². The molecule has 330 valence electrons. The van der Waals surface area contributed by atoms with E-state index in [-0.39, 0.29) is 41.4 Å². The number of ether oxygens (including phenoxy) is 1. The predicted molar refractivity (Wildman–Crippen MR) is 227 cm³/mol. The Balaban J connectivity index is 0.749. The number of nitrogens with one attached hydrogen (secondary N) is 2. The number of rotatable bonds is 12. The Labute approximate surface area is 357 Å². The first-order valence-corrected chi connectivity index (χ1v) is 22.1. The highest BCUT2D eigenvalue weighted by Gasteiger charge is 2.33. The largest absolute Gasteiger partial charge is 0.375 e. The molecule has 0 bridgehead atoms. The average Bonchev–Trinajstić information content (AvgIpc) is 3.96. The van der Waals surface area contributed by atoms with Crippen LogP contribution in [-0.2, 0) is 27.8 Å². The molecule has 7 heterocycles. The van der Waals surface area contributed by atoms with E-state index in [1.165, 1.54) is 10.7 Å². The highest BCUT2D eigenvalue weighted by molar-refractivity contribution is 6.08. The van der Waals surface area contributed by atoms with Crippen LogP contribution in [0.2, 0.25) is 0 Å². The van der Waals surface area contributed by atoms with Crippen molar-refractivity contribution in [2.24, 2.45) is 18.9 Å². The van der Waals surface area contributed by atoms with Crippen molar-refractivity contribution in [2.45, 2.75) is 102 Å². The number of imidazole rings is 1. The number of imide groups is 1. The molecule has 4 aromatic heterocycles. The van der Waals surface area contributed by atoms with Gasteiger partial charge in [-0.1, -0.05) is 18.6 Å². The van der Waals surface area contributed by atoms with Crippen LogP contribution in [-0.4, -0.2) is 102 Å². The lowest BCUT2D eigenvalue weighted by Gasteiger charge is -2.36. The van der Waals surface area contributed by atoms with E-state index in [1.54, 1.807) is 33.3 Å². The van der Waals surface area contributed by atoms with Gasteiger partial charge in [0.25, 0.3) is 12.3 Å². The van der Waals surface area contributed by atoms with E-state index in [0.717, 1.165) is 94.0 Å². The van der Waals surface area contributed by atoms with Gasteiger partial charge in [0.15, 0.2) is 11.3 Å². The SMILES string of the molecule is C[C@@H]1CN(c2ccn3ncc(C(=O)Nc4cn(C5CCC(CN6CCC(CCCc7cccc8c7n(C)c(=O)n8C7CCC(=O)NC7=O)CC6)CC5)nc4C(F)F)c3n2)CCO1. The Morgan fingerprint density at radius 3 is 2.58 bits per heavy atom. The molecule has 2 atom stereocenters. The molecule has 0 spiro atoms. The number of hydrogen-bond donors (Lipinski definition) is 2. The van der Waals surface area contributed by atoms with Crippen molar-refractivity contribution in [3.8, 4) is 0 Å². The lowest BCUT2D eigenvalue weighted by atomic mass is 9.84. The summed E-state index contributed by atoms with van der Waals surface area (Å²) in [5, 5.41) is 13.7. The van der Waals surface area contributed by atoms with Crippen LogP contribution in [0.3, 0.4) is 0 Å². The highest BCUT2D eigenvalue weighted by Crippen LogP contribution is 2.36. The monoisotopic (exact) mass is 855 g/mol. The summed E-state index contributed by atoms with van der Waals surface area (Å²) in [4.78, 5) is 60.6. The van der Waals surface area contributed by atoms with Gasteiger partial charge in [-0.15, -0.1) is 0 Å². The Kier molecular flexibility index (Phi) is 12.0. The van der Waals surface area contributed by atoms with Crippen molar-refractivity contribution < 1.29 is 27.9 Å². The van der Waals surface area contributed by atoms with Crippen molar-refractivity contribution >= 4 is 45.9 Å². The molecule has 3 aliphatic heterocycles. The number of aryl methyl sites for hydroxylation is 2. The number of carbonyl (C=O) groups excluding carboxylic acids is 3. The molecular formula is C44H55F2N11O5. The van der Waals surface area contributed by atoms with E-state index in [4.69, 9.17) is 9.72 Å². The van der Waals surface area contributed by atoms with Crippen LogP contribution >= 0.6 is 0 Å². The number of para-hydroxylation sites is 1. The normalized spacial score (nSPS) is 23.1. The van der Waals surface area contributed by atoms with Gasteiger partial charge in [0.2, 0.25) is 11.8 Å². The van der Waals surface area contributed by atoms with Crippen molar-refractivity contribution in [3.63, 3.8) is 0 Å². The van der Waals surface area contributed by atoms with Crippen molar-refractivity contribution in [1.29, 1.82) is 0 Å². The maximum Gasteiger partial charge on any atom is 0.329 e. The number of piperidine rings is 2. The second-order valence-electron chi connectivity index (χ2n) is 17.7. The number of halogens is 2. The first-order chi connectivity index (χ1) is 30.0. The summed E-state index contributed by atoms with van der Waals surface area (Å²) in [6.07, 6.45) is 11.3. The number of morpholine rings is 1. The molecule has 1 saturated carbocycles. The van der Waals surface area contributed by atoms with Crippen molar-refractivity contribution in [2.75, 3.05) is 49.5 Å². The van der Waals surface area contributed by atoms with Crippen LogP contribution < -0.4 is 21.2 Å². The molecule has 3 amide bonds. The number of nitrogens with zero attached hydrogens (tertiary/aromatic N) is 9. The number of amides is 3. The zero-order valence-electron chi connectivity index (χ0n) is 35.3. The van der Waals surface area contributed by atoms with Gasteiger partial charge in [-0.2, -0.15) is 10.2 Å². The van der Waals surface area contributed by atoms with Crippen LogP contribution in [0.25, 0.3) is 16.7 Å². The van der Waals surface area contributed by atoms with Crippen molar-refractivity contribution in [3.05, 3.63) is 70.2 Å². The van der Waals surface area contributed by atoms with Gasteiger partial charge in [0, 0.05) is 45.5 Å². The number of hydrogen-bond acceptors (Lipinski definition) is 10. The fourth-order valence-electron chi connectivity index (χ4n) is 10.2. The Morgan fingerprint density at radius 2 is 1.82 bits per heavy atom. The molecule has 1 aromatic carbocycles. The maximum atomic E-state index is 14.3. The molecule has 62 heavy (non-hydrogen) atoms. The zero-order valence-corrected chi connectivity index (χ0v) is 35.3. The third-order valence-electron chi connectivity index (χ3n) is 13.6. The Hall–Kier alpha value is -5.49. The van der Waals surface area contributed by atoms with Gasteiger partial charge in [-0.25, -0.2) is 23.1 Å². The van der Waals surface area contributed by atoms with Gasteiger partial charge >= 0.3 is 5.69 Å². The number of fused-ring (bicyclic) bond motifs is 2. The minimum absolute atomic E-state index is 0.000887. The van der Waals surface area contributed by atoms with E-state index in [0.29, 0.717) is 49.4 Å². The van der Waals surface area contributed by atoms with Gasteiger partial charge < -0.3 is 19.9 Å². The molecule has 5 aromatic rings. The van der Waals surface area contributed by atoms with E-state index in [2.05, 4.69) is 36.7 Å². The summed E-state index contributed by atoms with van der Waals surface area (Å²) in [6.45, 7) is 7.05. The number of likely N-dealkylation sites (tertiary alicyclic amines) is 1. The van der Waals surface area contributed by atoms with E-state index in [1.807, 2.05) is 25.1 Å². The highest BCUT2D eigenvalue weighted by atomic mass is 19.3. The first kappa shape index (κ1) is 41.8. The minimum Gasteiger partial charge on any atom is -0.375 e. The minimum atomic E-state index is -2.85. The molecule has 1 aliphatic carbocycles. The van der Waals surface area contributed by atoms with Gasteiger partial charge in [0.1, 0.15) is 17.4 Å². The number of anilines is 2. The third kappa shape index (κ3) is 8.50. The van der Waals surface area contributed by atoms with E-state index in [9.17, 15) is 28.0 Å². The van der Waals surface area contributed by atoms with E-state index < -0.39 is 30.0 Å². The number of benzene rings is 1. The zero-order chi connectivity index (χ0) is 43.1. The fraction of sp³-hybridized carbons (Fsp3) is 0.568. The summed E-state index contributed by atoms with van der Waals surface area (Å²) in [6, 6.07) is 7.02. The number of aromatic nitrogens is 7.